The minimum Gasteiger partial charge on any atom is -0.271 e. The first-order valence-corrected chi connectivity index (χ1v) is 7.23. The van der Waals surface area contributed by atoms with Crippen LogP contribution in [0.25, 0.3) is 0 Å². The first-order valence-electron chi connectivity index (χ1n) is 7.23. The van der Waals surface area contributed by atoms with Gasteiger partial charge in [-0.3, -0.25) is 16.3 Å². The summed E-state index contributed by atoms with van der Waals surface area (Å²) in [5, 5.41) is 0. The molecular weight excluding hydrogens is 222 g/mol. The molecule has 0 aromatic carbocycles. The van der Waals surface area contributed by atoms with Crippen LogP contribution in [0.3, 0.4) is 0 Å². The monoisotopic (exact) mass is 247 g/mol. The van der Waals surface area contributed by atoms with Crippen LogP contribution in [0.15, 0.2) is 18.3 Å². The highest BCUT2D eigenvalue weighted by atomic mass is 15.2. The van der Waals surface area contributed by atoms with Crippen LogP contribution in [0.1, 0.15) is 50.3 Å². The highest BCUT2D eigenvalue weighted by molar-refractivity contribution is 5.14. The van der Waals surface area contributed by atoms with E-state index in [9.17, 15) is 0 Å². The average molecular weight is 247 g/mol. The first-order chi connectivity index (χ1) is 8.83. The normalized spacial score (nSPS) is 18.8. The molecule has 1 aliphatic rings. The minimum absolute atomic E-state index is 0.380. The van der Waals surface area contributed by atoms with Gasteiger partial charge in [0.05, 0.1) is 0 Å². The fourth-order valence-corrected chi connectivity index (χ4v) is 2.91. The molecule has 1 aliphatic carbocycles. The third-order valence-corrected chi connectivity index (χ3v) is 4.16. The number of nitrogens with two attached hydrogens (primary N) is 1. The van der Waals surface area contributed by atoms with Crippen molar-refractivity contribution >= 4 is 0 Å². The fraction of sp³-hybridized carbons (Fsp3) is 0.667. The van der Waals surface area contributed by atoms with Crippen molar-refractivity contribution in [3.63, 3.8) is 0 Å². The van der Waals surface area contributed by atoms with Gasteiger partial charge in [-0.1, -0.05) is 32.3 Å². The maximum absolute atomic E-state index is 5.73. The van der Waals surface area contributed by atoms with Crippen LogP contribution in [-0.2, 0) is 12.8 Å². The predicted molar refractivity (Wildman–Crippen MR) is 75.0 cm³/mol. The Bertz CT molecular complexity index is 341. The van der Waals surface area contributed by atoms with Crippen LogP contribution < -0.4 is 11.3 Å². The molecule has 1 unspecified atom stereocenters. The summed E-state index contributed by atoms with van der Waals surface area (Å²) >= 11 is 0. The molecule has 0 saturated heterocycles. The summed E-state index contributed by atoms with van der Waals surface area (Å²) in [6.07, 6.45) is 10.7. The highest BCUT2D eigenvalue weighted by Gasteiger charge is 2.23. The summed E-state index contributed by atoms with van der Waals surface area (Å²) in [4.78, 5) is 4.54. The van der Waals surface area contributed by atoms with Crippen LogP contribution in [0.2, 0.25) is 0 Å². The second-order valence-electron chi connectivity index (χ2n) is 5.39. The predicted octanol–water partition coefficient (Wildman–Crippen LogP) is 2.60. The maximum Gasteiger partial charge on any atom is 0.0419 e. The van der Waals surface area contributed by atoms with E-state index >= 15 is 0 Å². The minimum atomic E-state index is 0.380. The van der Waals surface area contributed by atoms with Crippen molar-refractivity contribution in [2.24, 2.45) is 11.8 Å². The van der Waals surface area contributed by atoms with Crippen LogP contribution in [0.4, 0.5) is 0 Å². The first kappa shape index (κ1) is 13.5. The molecular formula is C15H25N3. The third kappa shape index (κ3) is 3.53. The van der Waals surface area contributed by atoms with Gasteiger partial charge in [0.2, 0.25) is 0 Å². The Labute approximate surface area is 110 Å². The Balaban J connectivity index is 1.95. The molecule has 0 amide bonds. The Morgan fingerprint density at radius 1 is 1.33 bits per heavy atom. The van der Waals surface area contributed by atoms with E-state index in [0.29, 0.717) is 6.04 Å². The maximum atomic E-state index is 5.73. The number of nitrogens with one attached hydrogen (secondary N) is 1. The molecule has 0 radical (unpaired) electrons. The molecule has 2 rings (SSSR count). The molecule has 100 valence electrons. The van der Waals surface area contributed by atoms with Crippen molar-refractivity contribution in [2.45, 2.75) is 57.9 Å². The summed E-state index contributed by atoms with van der Waals surface area (Å²) in [6.45, 7) is 2.16. The molecule has 1 atom stereocenters. The molecule has 0 bridgehead atoms. The Hall–Kier alpha value is -0.930. The number of aryl methyl sites for hydroxylation is 1. The number of aromatic nitrogens is 1. The van der Waals surface area contributed by atoms with Gasteiger partial charge in [-0.25, -0.2) is 0 Å². The van der Waals surface area contributed by atoms with E-state index in [2.05, 4.69) is 29.5 Å². The number of rotatable bonds is 5. The molecule has 1 aromatic heterocycles. The van der Waals surface area contributed by atoms with E-state index in [1.165, 1.54) is 37.7 Å². The molecule has 0 spiro atoms. The second-order valence-corrected chi connectivity index (χ2v) is 5.39. The summed E-state index contributed by atoms with van der Waals surface area (Å²) in [5.41, 5.74) is 5.46. The van der Waals surface area contributed by atoms with Gasteiger partial charge in [0.15, 0.2) is 0 Å². The topological polar surface area (TPSA) is 50.9 Å². The standard InChI is InChI=1S/C15H25N3/c1-2-12-8-9-14(17-11-12)10-15(18-16)13-6-4-3-5-7-13/h8-9,11,13,15,18H,2-7,10,16H2,1H3. The van der Waals surface area contributed by atoms with E-state index in [1.54, 1.807) is 0 Å². The van der Waals surface area contributed by atoms with Gasteiger partial charge in [0.1, 0.15) is 0 Å². The van der Waals surface area contributed by atoms with Gasteiger partial charge in [-0.15, -0.1) is 0 Å². The second kappa shape index (κ2) is 6.86. The fourth-order valence-electron chi connectivity index (χ4n) is 2.91. The van der Waals surface area contributed by atoms with Crippen LogP contribution in [-0.4, -0.2) is 11.0 Å². The number of hydrogen-bond donors (Lipinski definition) is 2. The smallest absolute Gasteiger partial charge is 0.0419 e. The lowest BCUT2D eigenvalue weighted by molar-refractivity contribution is 0.267. The average Bonchev–Trinajstić information content (AvgIpc) is 2.46. The third-order valence-electron chi connectivity index (χ3n) is 4.16. The van der Waals surface area contributed by atoms with Crippen molar-refractivity contribution in [1.82, 2.24) is 10.4 Å². The molecule has 1 saturated carbocycles. The molecule has 3 heteroatoms. The lowest BCUT2D eigenvalue weighted by atomic mass is 9.82. The number of pyridine rings is 1. The zero-order chi connectivity index (χ0) is 12.8. The van der Waals surface area contributed by atoms with Crippen molar-refractivity contribution < 1.29 is 0 Å². The molecule has 3 N–H and O–H groups in total. The van der Waals surface area contributed by atoms with Crippen molar-refractivity contribution in [1.29, 1.82) is 0 Å². The Morgan fingerprint density at radius 3 is 2.67 bits per heavy atom. The molecule has 1 heterocycles. The molecule has 1 aromatic rings. The zero-order valence-electron chi connectivity index (χ0n) is 11.4. The van der Waals surface area contributed by atoms with Crippen LogP contribution in [0, 0.1) is 5.92 Å². The van der Waals surface area contributed by atoms with Gasteiger partial charge < -0.3 is 0 Å². The van der Waals surface area contributed by atoms with E-state index in [0.717, 1.165) is 24.5 Å². The lowest BCUT2D eigenvalue weighted by Crippen LogP contribution is -2.43. The summed E-state index contributed by atoms with van der Waals surface area (Å²) < 4.78 is 0. The largest absolute Gasteiger partial charge is 0.271 e. The highest BCUT2D eigenvalue weighted by Crippen LogP contribution is 2.27. The van der Waals surface area contributed by atoms with Gasteiger partial charge in [0.25, 0.3) is 0 Å². The van der Waals surface area contributed by atoms with Crippen molar-refractivity contribution in [3.05, 3.63) is 29.6 Å². The van der Waals surface area contributed by atoms with Gasteiger partial charge >= 0.3 is 0 Å². The van der Waals surface area contributed by atoms with Gasteiger partial charge in [0, 0.05) is 24.4 Å². The van der Waals surface area contributed by atoms with Gasteiger partial charge in [-0.05, 0) is 36.8 Å². The van der Waals surface area contributed by atoms with E-state index < -0.39 is 0 Å². The zero-order valence-corrected chi connectivity index (χ0v) is 11.4. The van der Waals surface area contributed by atoms with Gasteiger partial charge in [-0.2, -0.15) is 0 Å². The molecule has 3 nitrogen and oxygen atoms in total. The lowest BCUT2D eigenvalue weighted by Gasteiger charge is -2.29. The van der Waals surface area contributed by atoms with E-state index in [1.807, 2.05) is 6.20 Å². The number of nitrogens with zero attached hydrogens (tertiary/aromatic N) is 1. The number of hydrazine groups is 1. The summed E-state index contributed by atoms with van der Waals surface area (Å²) in [6, 6.07) is 4.70. The Morgan fingerprint density at radius 2 is 2.11 bits per heavy atom. The van der Waals surface area contributed by atoms with Crippen LogP contribution >= 0.6 is 0 Å². The quantitative estimate of drug-likeness (QED) is 0.621. The van der Waals surface area contributed by atoms with Crippen molar-refractivity contribution in [2.75, 3.05) is 0 Å². The SMILES string of the molecule is CCc1ccc(CC(NN)C2CCCCC2)nc1. The summed E-state index contributed by atoms with van der Waals surface area (Å²) in [5.74, 6) is 6.45. The Kier molecular flexibility index (Phi) is 5.14. The summed E-state index contributed by atoms with van der Waals surface area (Å²) in [7, 11) is 0. The van der Waals surface area contributed by atoms with Crippen molar-refractivity contribution in [3.8, 4) is 0 Å². The molecule has 18 heavy (non-hydrogen) atoms. The molecule has 1 fully saturated rings. The van der Waals surface area contributed by atoms with E-state index in [4.69, 9.17) is 5.84 Å². The van der Waals surface area contributed by atoms with E-state index in [-0.39, 0.29) is 0 Å². The van der Waals surface area contributed by atoms with Crippen LogP contribution in [0.5, 0.6) is 0 Å². The molecule has 0 aliphatic heterocycles. The number of hydrogen-bond acceptors (Lipinski definition) is 3.